The molecule has 3 rings (SSSR count). The number of hydrogen-bond acceptors (Lipinski definition) is 3. The Morgan fingerprint density at radius 1 is 1.32 bits per heavy atom. The normalized spacial score (nSPS) is 21.5. The molecule has 0 bridgehead atoms. The second kappa shape index (κ2) is 5.57. The van der Waals surface area contributed by atoms with Crippen molar-refractivity contribution in [1.82, 2.24) is 10.3 Å². The Kier molecular flexibility index (Phi) is 3.65. The molecule has 0 amide bonds. The molecule has 2 atom stereocenters. The maximum absolute atomic E-state index is 5.85. The Hall–Kier alpha value is -1.61. The summed E-state index contributed by atoms with van der Waals surface area (Å²) in [5.41, 5.74) is 1.13. The highest BCUT2D eigenvalue weighted by atomic mass is 16.3. The van der Waals surface area contributed by atoms with E-state index in [1.54, 1.807) is 0 Å². The molecule has 1 N–H and O–H groups in total. The molecule has 1 aliphatic rings. The van der Waals surface area contributed by atoms with Crippen molar-refractivity contribution < 1.29 is 4.42 Å². The van der Waals surface area contributed by atoms with Gasteiger partial charge in [0.15, 0.2) is 0 Å². The van der Waals surface area contributed by atoms with Gasteiger partial charge in [0.1, 0.15) is 11.5 Å². The number of nitrogens with one attached hydrogen (secondary N) is 1. The van der Waals surface area contributed by atoms with Gasteiger partial charge < -0.3 is 9.73 Å². The fourth-order valence-electron chi connectivity index (χ4n) is 2.38. The lowest BCUT2D eigenvalue weighted by molar-refractivity contribution is 0.445. The van der Waals surface area contributed by atoms with Gasteiger partial charge in [-0.1, -0.05) is 13.0 Å². The zero-order valence-corrected chi connectivity index (χ0v) is 11.3. The Morgan fingerprint density at radius 2 is 2.21 bits per heavy atom. The Morgan fingerprint density at radius 3 is 2.95 bits per heavy atom. The zero-order valence-electron chi connectivity index (χ0n) is 11.3. The van der Waals surface area contributed by atoms with Gasteiger partial charge in [0.05, 0.1) is 6.54 Å². The first-order valence-corrected chi connectivity index (χ1v) is 7.02. The summed E-state index contributed by atoms with van der Waals surface area (Å²) < 4.78 is 5.85. The Bertz CT molecular complexity index is 521. The van der Waals surface area contributed by atoms with Crippen LogP contribution in [0.25, 0.3) is 0 Å². The summed E-state index contributed by atoms with van der Waals surface area (Å²) in [5, 5.41) is 3.40. The van der Waals surface area contributed by atoms with E-state index in [1.807, 2.05) is 18.3 Å². The van der Waals surface area contributed by atoms with Crippen molar-refractivity contribution in [2.24, 2.45) is 5.92 Å². The molecule has 0 aliphatic heterocycles. The summed E-state index contributed by atoms with van der Waals surface area (Å²) in [5.74, 6) is 3.67. The molecular weight excluding hydrogens is 236 g/mol. The first kappa shape index (κ1) is 12.4. The van der Waals surface area contributed by atoms with Crippen LogP contribution in [0.2, 0.25) is 0 Å². The first-order valence-electron chi connectivity index (χ1n) is 7.02. The maximum Gasteiger partial charge on any atom is 0.117 e. The van der Waals surface area contributed by atoms with Crippen molar-refractivity contribution in [1.29, 1.82) is 0 Å². The molecule has 1 fully saturated rings. The van der Waals surface area contributed by atoms with E-state index in [2.05, 4.69) is 35.4 Å². The van der Waals surface area contributed by atoms with Crippen molar-refractivity contribution in [3.63, 3.8) is 0 Å². The molecule has 2 aromatic heterocycles. The zero-order chi connectivity index (χ0) is 13.1. The lowest BCUT2D eigenvalue weighted by atomic mass is 10.2. The summed E-state index contributed by atoms with van der Waals surface area (Å²) in [6, 6.07) is 10.2. The maximum atomic E-state index is 5.85. The van der Waals surface area contributed by atoms with Crippen molar-refractivity contribution >= 4 is 0 Å². The van der Waals surface area contributed by atoms with Crippen LogP contribution >= 0.6 is 0 Å². The van der Waals surface area contributed by atoms with Crippen molar-refractivity contribution in [2.75, 3.05) is 6.54 Å². The van der Waals surface area contributed by atoms with E-state index in [0.29, 0.717) is 5.92 Å². The van der Waals surface area contributed by atoms with Crippen LogP contribution < -0.4 is 5.32 Å². The SMILES string of the molecule is CC1CC1c1ccc(CNCCc2ccccn2)o1. The number of nitrogens with zero attached hydrogens (tertiary/aromatic N) is 1. The topological polar surface area (TPSA) is 38.1 Å². The fraction of sp³-hybridized carbons (Fsp3) is 0.438. The van der Waals surface area contributed by atoms with Crippen LogP contribution in [0.15, 0.2) is 40.9 Å². The van der Waals surface area contributed by atoms with E-state index in [1.165, 1.54) is 6.42 Å². The van der Waals surface area contributed by atoms with E-state index < -0.39 is 0 Å². The van der Waals surface area contributed by atoms with Crippen LogP contribution in [0, 0.1) is 5.92 Å². The van der Waals surface area contributed by atoms with Gasteiger partial charge in [0.25, 0.3) is 0 Å². The van der Waals surface area contributed by atoms with E-state index in [-0.39, 0.29) is 0 Å². The van der Waals surface area contributed by atoms with E-state index in [9.17, 15) is 0 Å². The van der Waals surface area contributed by atoms with Gasteiger partial charge in [-0.2, -0.15) is 0 Å². The number of hydrogen-bond donors (Lipinski definition) is 1. The lowest BCUT2D eigenvalue weighted by Crippen LogP contribution is -2.16. The quantitative estimate of drug-likeness (QED) is 0.807. The van der Waals surface area contributed by atoms with E-state index in [4.69, 9.17) is 4.42 Å². The summed E-state index contributed by atoms with van der Waals surface area (Å²) in [4.78, 5) is 4.30. The summed E-state index contributed by atoms with van der Waals surface area (Å²) in [6.45, 7) is 4.00. The first-order chi connectivity index (χ1) is 9.33. The standard InChI is InChI=1S/C16H20N2O/c1-12-10-15(12)16-6-5-14(19-16)11-17-9-7-13-4-2-3-8-18-13/h2-6,8,12,15,17H,7,9-11H2,1H3. The molecule has 3 heteroatoms. The summed E-state index contributed by atoms with van der Waals surface area (Å²) in [6.07, 6.45) is 4.07. The van der Waals surface area contributed by atoms with E-state index >= 15 is 0 Å². The number of rotatable bonds is 6. The fourth-order valence-corrected chi connectivity index (χ4v) is 2.38. The molecule has 100 valence electrons. The highest BCUT2D eigenvalue weighted by Gasteiger charge is 2.36. The molecule has 0 saturated heterocycles. The molecular formula is C16H20N2O. The van der Waals surface area contributed by atoms with Crippen LogP contribution in [-0.2, 0) is 13.0 Å². The van der Waals surface area contributed by atoms with Gasteiger partial charge in [-0.15, -0.1) is 0 Å². The molecule has 0 aromatic carbocycles. The third-order valence-electron chi connectivity index (χ3n) is 3.74. The minimum absolute atomic E-state index is 0.669. The molecule has 2 unspecified atom stereocenters. The molecule has 1 saturated carbocycles. The van der Waals surface area contributed by atoms with Crippen molar-refractivity contribution in [2.45, 2.75) is 32.2 Å². The molecule has 2 heterocycles. The van der Waals surface area contributed by atoms with Crippen molar-refractivity contribution in [3.05, 3.63) is 53.7 Å². The molecule has 1 aliphatic carbocycles. The smallest absolute Gasteiger partial charge is 0.117 e. The van der Waals surface area contributed by atoms with Crippen LogP contribution in [-0.4, -0.2) is 11.5 Å². The van der Waals surface area contributed by atoms with Gasteiger partial charge in [-0.25, -0.2) is 0 Å². The number of aromatic nitrogens is 1. The van der Waals surface area contributed by atoms with Crippen LogP contribution in [0.5, 0.6) is 0 Å². The molecule has 3 nitrogen and oxygen atoms in total. The average Bonchev–Trinajstić information content (AvgIpc) is 2.99. The number of furan rings is 1. The Labute approximate surface area is 114 Å². The summed E-state index contributed by atoms with van der Waals surface area (Å²) >= 11 is 0. The molecule has 0 spiro atoms. The molecule has 19 heavy (non-hydrogen) atoms. The third kappa shape index (κ3) is 3.24. The van der Waals surface area contributed by atoms with Crippen LogP contribution in [0.1, 0.15) is 36.5 Å². The van der Waals surface area contributed by atoms with Crippen LogP contribution in [0.4, 0.5) is 0 Å². The predicted octanol–water partition coefficient (Wildman–Crippen LogP) is 3.13. The minimum atomic E-state index is 0.669. The van der Waals surface area contributed by atoms with Crippen LogP contribution in [0.3, 0.4) is 0 Å². The van der Waals surface area contributed by atoms with Gasteiger partial charge in [0, 0.05) is 30.8 Å². The Balaban J connectivity index is 1.41. The highest BCUT2D eigenvalue weighted by Crippen LogP contribution is 2.47. The number of pyridine rings is 1. The van der Waals surface area contributed by atoms with Gasteiger partial charge in [-0.3, -0.25) is 4.98 Å². The monoisotopic (exact) mass is 256 g/mol. The second-order valence-electron chi connectivity index (χ2n) is 5.37. The van der Waals surface area contributed by atoms with Gasteiger partial charge in [-0.05, 0) is 36.6 Å². The van der Waals surface area contributed by atoms with E-state index in [0.717, 1.165) is 42.6 Å². The van der Waals surface area contributed by atoms with Gasteiger partial charge >= 0.3 is 0 Å². The largest absolute Gasteiger partial charge is 0.464 e. The summed E-state index contributed by atoms with van der Waals surface area (Å²) in [7, 11) is 0. The lowest BCUT2D eigenvalue weighted by Gasteiger charge is -2.02. The second-order valence-corrected chi connectivity index (χ2v) is 5.37. The minimum Gasteiger partial charge on any atom is -0.464 e. The molecule has 2 aromatic rings. The average molecular weight is 256 g/mol. The highest BCUT2D eigenvalue weighted by molar-refractivity contribution is 5.17. The van der Waals surface area contributed by atoms with Crippen molar-refractivity contribution in [3.8, 4) is 0 Å². The third-order valence-corrected chi connectivity index (χ3v) is 3.74. The van der Waals surface area contributed by atoms with Gasteiger partial charge in [0.2, 0.25) is 0 Å². The predicted molar refractivity (Wildman–Crippen MR) is 74.9 cm³/mol. The molecule has 0 radical (unpaired) electrons.